The lowest BCUT2D eigenvalue weighted by Gasteiger charge is -2.31. The molecular formula is C12H19N3O4S2. The largest absolute Gasteiger partial charge is 0.317 e. The van der Waals surface area contributed by atoms with E-state index >= 15 is 0 Å². The molecular weight excluding hydrogens is 314 g/mol. The van der Waals surface area contributed by atoms with E-state index in [-0.39, 0.29) is 9.79 Å². The lowest BCUT2D eigenvalue weighted by Crippen LogP contribution is -2.43. The lowest BCUT2D eigenvalue weighted by molar-refractivity contribution is 0.298. The second-order valence-corrected chi connectivity index (χ2v) is 8.49. The first-order valence-electron chi connectivity index (χ1n) is 6.55. The summed E-state index contributed by atoms with van der Waals surface area (Å²) in [5, 5.41) is 8.17. The van der Waals surface area contributed by atoms with Crippen LogP contribution >= 0.6 is 0 Å². The highest BCUT2D eigenvalue weighted by atomic mass is 32.2. The molecule has 0 bridgehead atoms. The first kappa shape index (κ1) is 16.4. The van der Waals surface area contributed by atoms with Gasteiger partial charge in [-0.15, -0.1) is 0 Å². The van der Waals surface area contributed by atoms with Crippen molar-refractivity contribution in [3.8, 4) is 0 Å². The summed E-state index contributed by atoms with van der Waals surface area (Å²) >= 11 is 0. The third-order valence-electron chi connectivity index (χ3n) is 3.63. The zero-order valence-corrected chi connectivity index (χ0v) is 13.3. The van der Waals surface area contributed by atoms with E-state index in [2.05, 4.69) is 5.32 Å². The number of nitrogens with zero attached hydrogens (tertiary/aromatic N) is 1. The molecule has 0 unspecified atom stereocenters. The molecule has 3 N–H and O–H groups in total. The molecule has 21 heavy (non-hydrogen) atoms. The average molecular weight is 333 g/mol. The summed E-state index contributed by atoms with van der Waals surface area (Å²) < 4.78 is 49.1. The monoisotopic (exact) mass is 333 g/mol. The van der Waals surface area contributed by atoms with Gasteiger partial charge in [-0.3, -0.25) is 0 Å². The number of sulfonamides is 2. The van der Waals surface area contributed by atoms with Crippen LogP contribution in [0.1, 0.15) is 12.8 Å². The van der Waals surface area contributed by atoms with Gasteiger partial charge in [0.05, 0.1) is 9.79 Å². The van der Waals surface area contributed by atoms with Crippen molar-refractivity contribution in [2.75, 3.05) is 20.1 Å². The van der Waals surface area contributed by atoms with Crippen molar-refractivity contribution in [2.24, 2.45) is 5.14 Å². The molecule has 1 aromatic rings. The van der Waals surface area contributed by atoms with Crippen LogP contribution in [-0.4, -0.2) is 47.3 Å². The van der Waals surface area contributed by atoms with Crippen molar-refractivity contribution < 1.29 is 16.8 Å². The van der Waals surface area contributed by atoms with Crippen LogP contribution < -0.4 is 10.5 Å². The molecule has 0 aliphatic carbocycles. The van der Waals surface area contributed by atoms with E-state index in [1.807, 2.05) is 7.05 Å². The van der Waals surface area contributed by atoms with Gasteiger partial charge in [-0.25, -0.2) is 22.0 Å². The Bertz CT molecular complexity index is 708. The zero-order valence-electron chi connectivity index (χ0n) is 11.7. The maximum Gasteiger partial charge on any atom is 0.243 e. The Hall–Kier alpha value is -1.00. The summed E-state index contributed by atoms with van der Waals surface area (Å²) in [5.74, 6) is 0. The van der Waals surface area contributed by atoms with Crippen molar-refractivity contribution in [3.63, 3.8) is 0 Å². The first-order valence-corrected chi connectivity index (χ1v) is 9.54. The number of hydrogen-bond donors (Lipinski definition) is 2. The molecule has 0 amide bonds. The Balaban J connectivity index is 2.29. The first-order chi connectivity index (χ1) is 9.75. The fourth-order valence-electron chi connectivity index (χ4n) is 2.35. The third-order valence-corrected chi connectivity index (χ3v) is 6.44. The Labute approximate surface area is 125 Å². The zero-order chi connectivity index (χ0) is 15.7. The van der Waals surface area contributed by atoms with Gasteiger partial charge >= 0.3 is 0 Å². The number of rotatable bonds is 4. The standard InChI is InChI=1S/C12H19N3O4S2/c1-14-10-5-7-15(8-6-10)21(18,19)12-4-2-3-11(9-12)20(13,16)17/h2-4,9-10,14H,5-8H2,1H3,(H2,13,16,17). The van der Waals surface area contributed by atoms with Gasteiger partial charge in [0.2, 0.25) is 20.0 Å². The van der Waals surface area contributed by atoms with Gasteiger partial charge in [0, 0.05) is 19.1 Å². The molecule has 0 radical (unpaired) electrons. The van der Waals surface area contributed by atoms with Crippen molar-refractivity contribution >= 4 is 20.0 Å². The minimum atomic E-state index is -3.92. The summed E-state index contributed by atoms with van der Waals surface area (Å²) in [5.41, 5.74) is 0. The Morgan fingerprint density at radius 2 is 1.71 bits per heavy atom. The normalized spacial score (nSPS) is 18.8. The van der Waals surface area contributed by atoms with E-state index in [0.717, 1.165) is 18.9 Å². The Kier molecular flexibility index (Phi) is 4.69. The number of hydrogen-bond acceptors (Lipinski definition) is 5. The highest BCUT2D eigenvalue weighted by molar-refractivity contribution is 7.90. The topological polar surface area (TPSA) is 110 Å². The maximum atomic E-state index is 12.5. The van der Waals surface area contributed by atoms with Crippen LogP contribution in [0.5, 0.6) is 0 Å². The molecule has 1 aromatic carbocycles. The predicted molar refractivity (Wildman–Crippen MR) is 78.7 cm³/mol. The van der Waals surface area contributed by atoms with Crippen molar-refractivity contribution in [1.29, 1.82) is 0 Å². The highest BCUT2D eigenvalue weighted by Crippen LogP contribution is 2.22. The van der Waals surface area contributed by atoms with Crippen LogP contribution in [0.4, 0.5) is 0 Å². The number of nitrogens with one attached hydrogen (secondary N) is 1. The van der Waals surface area contributed by atoms with Crippen LogP contribution in [0.15, 0.2) is 34.1 Å². The number of primary sulfonamides is 1. The van der Waals surface area contributed by atoms with E-state index < -0.39 is 20.0 Å². The molecule has 1 aliphatic heterocycles. The molecule has 1 heterocycles. The van der Waals surface area contributed by atoms with Gasteiger partial charge in [-0.05, 0) is 38.1 Å². The van der Waals surface area contributed by atoms with Gasteiger partial charge in [-0.1, -0.05) is 6.07 Å². The summed E-state index contributed by atoms with van der Waals surface area (Å²) in [4.78, 5) is -0.245. The van der Waals surface area contributed by atoms with E-state index in [1.165, 1.54) is 22.5 Å². The van der Waals surface area contributed by atoms with E-state index in [4.69, 9.17) is 5.14 Å². The fourth-order valence-corrected chi connectivity index (χ4v) is 4.50. The number of benzene rings is 1. The molecule has 2 rings (SSSR count). The van der Waals surface area contributed by atoms with E-state index in [1.54, 1.807) is 0 Å². The number of piperidine rings is 1. The van der Waals surface area contributed by atoms with Crippen molar-refractivity contribution in [1.82, 2.24) is 9.62 Å². The minimum Gasteiger partial charge on any atom is -0.317 e. The Morgan fingerprint density at radius 1 is 1.14 bits per heavy atom. The molecule has 0 atom stereocenters. The Morgan fingerprint density at radius 3 is 2.24 bits per heavy atom. The smallest absolute Gasteiger partial charge is 0.243 e. The molecule has 0 spiro atoms. The second kappa shape index (κ2) is 6.01. The summed E-state index contributed by atoms with van der Waals surface area (Å²) in [6.07, 6.45) is 1.45. The quantitative estimate of drug-likeness (QED) is 0.786. The van der Waals surface area contributed by atoms with Crippen LogP contribution in [0.2, 0.25) is 0 Å². The SMILES string of the molecule is CNC1CCN(S(=O)(=O)c2cccc(S(N)(=O)=O)c2)CC1. The van der Waals surface area contributed by atoms with Crippen LogP contribution in [0.25, 0.3) is 0 Å². The van der Waals surface area contributed by atoms with Gasteiger partial charge in [0.1, 0.15) is 0 Å². The van der Waals surface area contributed by atoms with Gasteiger partial charge in [0.25, 0.3) is 0 Å². The molecule has 0 saturated carbocycles. The number of nitrogens with two attached hydrogens (primary N) is 1. The molecule has 1 fully saturated rings. The van der Waals surface area contributed by atoms with Crippen LogP contribution in [0, 0.1) is 0 Å². The molecule has 7 nitrogen and oxygen atoms in total. The summed E-state index contributed by atoms with van der Waals surface area (Å²) in [7, 11) is -5.76. The maximum absolute atomic E-state index is 12.5. The molecule has 1 aliphatic rings. The van der Waals surface area contributed by atoms with Crippen LogP contribution in [-0.2, 0) is 20.0 Å². The average Bonchev–Trinajstić information content (AvgIpc) is 2.46. The highest BCUT2D eigenvalue weighted by Gasteiger charge is 2.29. The van der Waals surface area contributed by atoms with E-state index in [9.17, 15) is 16.8 Å². The predicted octanol–water partition coefficient (Wildman–Crippen LogP) is -0.293. The van der Waals surface area contributed by atoms with E-state index in [0.29, 0.717) is 19.1 Å². The minimum absolute atomic E-state index is 0.0445. The summed E-state index contributed by atoms with van der Waals surface area (Å²) in [6.45, 7) is 0.820. The van der Waals surface area contributed by atoms with Gasteiger partial charge in [-0.2, -0.15) is 4.31 Å². The van der Waals surface area contributed by atoms with Gasteiger partial charge < -0.3 is 5.32 Å². The molecule has 9 heteroatoms. The summed E-state index contributed by atoms with van der Waals surface area (Å²) in [6, 6.07) is 5.46. The second-order valence-electron chi connectivity index (χ2n) is 4.99. The van der Waals surface area contributed by atoms with Gasteiger partial charge in [0.15, 0.2) is 0 Å². The van der Waals surface area contributed by atoms with Crippen LogP contribution in [0.3, 0.4) is 0 Å². The lowest BCUT2D eigenvalue weighted by atomic mass is 10.1. The third kappa shape index (κ3) is 3.61. The molecule has 118 valence electrons. The fraction of sp³-hybridized carbons (Fsp3) is 0.500. The van der Waals surface area contributed by atoms with Crippen molar-refractivity contribution in [3.05, 3.63) is 24.3 Å². The van der Waals surface area contributed by atoms with Crippen molar-refractivity contribution in [2.45, 2.75) is 28.7 Å². The molecule has 1 saturated heterocycles. The molecule has 0 aromatic heterocycles.